The third-order valence-electron chi connectivity index (χ3n) is 5.23. The Morgan fingerprint density at radius 2 is 1.74 bits per heavy atom. The molecule has 2 aromatic carbocycles. The van der Waals surface area contributed by atoms with Gasteiger partial charge in [-0.15, -0.1) is 0 Å². The normalized spacial score (nSPS) is 14.8. The minimum atomic E-state index is -3.69. The predicted octanol–water partition coefficient (Wildman–Crippen LogP) is 1.56. The van der Waals surface area contributed by atoms with Gasteiger partial charge in [0.25, 0.3) is 5.91 Å². The maximum atomic E-state index is 12.6. The van der Waals surface area contributed by atoms with Crippen molar-refractivity contribution in [1.29, 1.82) is 5.26 Å². The van der Waals surface area contributed by atoms with Crippen molar-refractivity contribution in [3.63, 3.8) is 0 Å². The van der Waals surface area contributed by atoms with E-state index in [2.05, 4.69) is 33.0 Å². The highest BCUT2D eigenvalue weighted by atomic mass is 32.2. The van der Waals surface area contributed by atoms with Crippen LogP contribution in [0.2, 0.25) is 0 Å². The van der Waals surface area contributed by atoms with E-state index >= 15 is 0 Å². The molecule has 3 rings (SSSR count). The second-order valence-electron chi connectivity index (χ2n) is 7.43. The molecule has 8 nitrogen and oxygen atoms in total. The van der Waals surface area contributed by atoms with Crippen molar-refractivity contribution in [1.82, 2.24) is 14.9 Å². The number of nitrogens with zero attached hydrogens (tertiary/aromatic N) is 3. The minimum Gasteiger partial charge on any atom is -0.369 e. The fourth-order valence-corrected chi connectivity index (χ4v) is 4.44. The number of carbonyl (C=O) groups is 1. The van der Waals surface area contributed by atoms with Crippen LogP contribution in [0.3, 0.4) is 0 Å². The molecule has 2 N–H and O–H groups in total. The topological polar surface area (TPSA) is 106 Å². The molecule has 0 aromatic heterocycles. The van der Waals surface area contributed by atoms with Crippen LogP contribution in [-0.4, -0.2) is 59.0 Å². The first-order valence-corrected chi connectivity index (χ1v) is 11.7. The fraction of sp³-hybridized carbons (Fsp3) is 0.364. The highest BCUT2D eigenvalue weighted by molar-refractivity contribution is 7.89. The summed E-state index contributed by atoms with van der Waals surface area (Å²) in [5.74, 6) is -0.269. The summed E-state index contributed by atoms with van der Waals surface area (Å²) in [6, 6.07) is 15.7. The molecule has 0 aliphatic carbocycles. The Hall–Kier alpha value is -2.93. The van der Waals surface area contributed by atoms with E-state index < -0.39 is 10.0 Å². The molecule has 31 heavy (non-hydrogen) atoms. The minimum absolute atomic E-state index is 0.0494. The van der Waals surface area contributed by atoms with Crippen LogP contribution in [-0.2, 0) is 16.6 Å². The molecule has 1 aliphatic heterocycles. The molecule has 0 bridgehead atoms. The largest absolute Gasteiger partial charge is 0.369 e. The van der Waals surface area contributed by atoms with Crippen LogP contribution in [0.15, 0.2) is 53.4 Å². The van der Waals surface area contributed by atoms with Crippen molar-refractivity contribution in [2.45, 2.75) is 17.9 Å². The summed E-state index contributed by atoms with van der Waals surface area (Å²) in [5, 5.41) is 11.5. The molecule has 1 heterocycles. The van der Waals surface area contributed by atoms with Crippen LogP contribution in [0.5, 0.6) is 0 Å². The van der Waals surface area contributed by atoms with Gasteiger partial charge in [0.2, 0.25) is 10.0 Å². The van der Waals surface area contributed by atoms with Crippen LogP contribution in [0.25, 0.3) is 0 Å². The Labute approximate surface area is 183 Å². The number of para-hydroxylation sites is 1. The van der Waals surface area contributed by atoms with Crippen LogP contribution >= 0.6 is 0 Å². The number of nitriles is 1. The number of rotatable bonds is 8. The highest BCUT2D eigenvalue weighted by Gasteiger charge is 2.18. The van der Waals surface area contributed by atoms with Crippen LogP contribution < -0.4 is 14.9 Å². The summed E-state index contributed by atoms with van der Waals surface area (Å²) in [7, 11) is -1.58. The number of benzene rings is 2. The summed E-state index contributed by atoms with van der Waals surface area (Å²) in [6.07, 6.45) is 0.0926. The Kier molecular flexibility index (Phi) is 7.63. The van der Waals surface area contributed by atoms with Crippen molar-refractivity contribution in [3.05, 3.63) is 59.7 Å². The van der Waals surface area contributed by atoms with Crippen molar-refractivity contribution in [2.24, 2.45) is 0 Å². The van der Waals surface area contributed by atoms with Crippen LogP contribution in [0, 0.1) is 11.3 Å². The zero-order valence-electron chi connectivity index (χ0n) is 17.5. The number of hydrogen-bond acceptors (Lipinski definition) is 6. The first-order chi connectivity index (χ1) is 14.9. The van der Waals surface area contributed by atoms with Gasteiger partial charge in [-0.3, -0.25) is 4.79 Å². The van der Waals surface area contributed by atoms with E-state index in [-0.39, 0.29) is 23.8 Å². The summed E-state index contributed by atoms with van der Waals surface area (Å²) in [4.78, 5) is 17.3. The van der Waals surface area contributed by atoms with E-state index in [1.807, 2.05) is 24.3 Å². The van der Waals surface area contributed by atoms with E-state index in [4.69, 9.17) is 5.26 Å². The molecule has 0 unspecified atom stereocenters. The van der Waals surface area contributed by atoms with Crippen LogP contribution in [0.4, 0.5) is 5.69 Å². The van der Waals surface area contributed by atoms with Gasteiger partial charge in [0.1, 0.15) is 0 Å². The second kappa shape index (κ2) is 10.4. The van der Waals surface area contributed by atoms with E-state index in [1.165, 1.54) is 24.3 Å². The lowest BCUT2D eigenvalue weighted by atomic mass is 10.1. The standard InChI is InChI=1S/C22H27N5O3S/c1-26-13-15-27(16-14-26)21-6-3-2-5-19(21)17-24-22(28)18-7-9-20(10-8-18)31(29,30)25-12-4-11-23/h2-3,5-10,25H,4,12-17H2,1H3,(H,24,28). The van der Waals surface area contributed by atoms with Gasteiger partial charge < -0.3 is 15.1 Å². The number of amides is 1. The van der Waals surface area contributed by atoms with Gasteiger partial charge in [0.15, 0.2) is 0 Å². The summed E-state index contributed by atoms with van der Waals surface area (Å²) >= 11 is 0. The summed E-state index contributed by atoms with van der Waals surface area (Å²) in [5.41, 5.74) is 2.55. The zero-order chi connectivity index (χ0) is 22.3. The van der Waals surface area contributed by atoms with Crippen molar-refractivity contribution >= 4 is 21.6 Å². The lowest BCUT2D eigenvalue weighted by Crippen LogP contribution is -2.45. The van der Waals surface area contributed by atoms with Gasteiger partial charge in [-0.25, -0.2) is 13.1 Å². The maximum absolute atomic E-state index is 12.6. The first kappa shape index (κ1) is 22.7. The van der Waals surface area contributed by atoms with Crippen LogP contribution in [0.1, 0.15) is 22.3 Å². The average Bonchev–Trinajstić information content (AvgIpc) is 2.78. The van der Waals surface area contributed by atoms with E-state index in [1.54, 1.807) is 0 Å². The lowest BCUT2D eigenvalue weighted by molar-refractivity contribution is 0.0951. The quantitative estimate of drug-likeness (QED) is 0.603. The van der Waals surface area contributed by atoms with E-state index in [9.17, 15) is 13.2 Å². The Morgan fingerprint density at radius 3 is 2.42 bits per heavy atom. The summed E-state index contributed by atoms with van der Waals surface area (Å²) < 4.78 is 26.7. The number of hydrogen-bond donors (Lipinski definition) is 2. The number of anilines is 1. The Bertz CT molecular complexity index is 1040. The fourth-order valence-electron chi connectivity index (χ4n) is 3.40. The molecule has 0 spiro atoms. The van der Waals surface area contributed by atoms with Gasteiger partial charge >= 0.3 is 0 Å². The van der Waals surface area contributed by atoms with E-state index in [0.717, 1.165) is 37.4 Å². The SMILES string of the molecule is CN1CCN(c2ccccc2CNC(=O)c2ccc(S(=O)(=O)NCCC#N)cc2)CC1. The van der Waals surface area contributed by atoms with Gasteiger partial charge in [-0.1, -0.05) is 18.2 Å². The monoisotopic (exact) mass is 441 g/mol. The molecular weight excluding hydrogens is 414 g/mol. The molecular formula is C22H27N5O3S. The smallest absolute Gasteiger partial charge is 0.251 e. The Morgan fingerprint density at radius 1 is 1.06 bits per heavy atom. The molecule has 0 atom stereocenters. The second-order valence-corrected chi connectivity index (χ2v) is 9.20. The predicted molar refractivity (Wildman–Crippen MR) is 119 cm³/mol. The van der Waals surface area contributed by atoms with Crippen molar-refractivity contribution in [3.8, 4) is 6.07 Å². The van der Waals surface area contributed by atoms with Crippen molar-refractivity contribution < 1.29 is 13.2 Å². The number of nitrogens with one attached hydrogen (secondary N) is 2. The molecule has 0 radical (unpaired) electrons. The van der Waals surface area contributed by atoms with Gasteiger partial charge in [0, 0.05) is 56.9 Å². The van der Waals surface area contributed by atoms with Crippen molar-refractivity contribution in [2.75, 3.05) is 44.7 Å². The average molecular weight is 442 g/mol. The zero-order valence-corrected chi connectivity index (χ0v) is 18.4. The first-order valence-electron chi connectivity index (χ1n) is 10.2. The van der Waals surface area contributed by atoms with Gasteiger partial charge in [-0.05, 0) is 42.9 Å². The summed E-state index contributed by atoms with van der Waals surface area (Å²) in [6.45, 7) is 4.33. The highest BCUT2D eigenvalue weighted by Crippen LogP contribution is 2.22. The number of likely N-dealkylation sites (N-methyl/N-ethyl adjacent to an activating group) is 1. The van der Waals surface area contributed by atoms with Gasteiger partial charge in [0.05, 0.1) is 11.0 Å². The molecule has 0 saturated carbocycles. The van der Waals surface area contributed by atoms with Gasteiger partial charge in [-0.2, -0.15) is 5.26 Å². The number of sulfonamides is 1. The molecule has 164 valence electrons. The Balaban J connectivity index is 1.62. The molecule has 1 aliphatic rings. The number of carbonyl (C=O) groups excluding carboxylic acids is 1. The third kappa shape index (κ3) is 6.04. The molecule has 1 saturated heterocycles. The number of piperazine rings is 1. The van der Waals surface area contributed by atoms with E-state index in [0.29, 0.717) is 12.1 Å². The maximum Gasteiger partial charge on any atom is 0.251 e. The molecule has 1 fully saturated rings. The lowest BCUT2D eigenvalue weighted by Gasteiger charge is -2.35. The molecule has 2 aromatic rings. The molecule has 9 heteroatoms. The molecule has 1 amide bonds. The third-order valence-corrected chi connectivity index (χ3v) is 6.71.